The van der Waals surface area contributed by atoms with Crippen molar-refractivity contribution in [3.8, 4) is 11.1 Å². The van der Waals surface area contributed by atoms with Gasteiger partial charge in [0.25, 0.3) is 0 Å². The molecule has 1 heterocycles. The smallest absolute Gasteiger partial charge is 0.328 e. The Hall–Kier alpha value is -5.31. The molecule has 360 valence electrons. The highest BCUT2D eigenvalue weighted by Crippen LogP contribution is 2.41. The topological polar surface area (TPSA) is 233 Å². The quantitative estimate of drug-likeness (QED) is 0.0530. The van der Waals surface area contributed by atoms with E-state index in [0.29, 0.717) is 57.4 Å². The minimum atomic E-state index is -1.53. The van der Waals surface area contributed by atoms with Crippen LogP contribution in [-0.4, -0.2) is 140 Å². The molecule has 0 radical (unpaired) electrons. The number of hydrogen-bond donors (Lipinski definition) is 6. The summed E-state index contributed by atoms with van der Waals surface area (Å²) in [6.45, 7) is 10.8. The van der Waals surface area contributed by atoms with Gasteiger partial charge in [-0.05, 0) is 41.7 Å². The summed E-state index contributed by atoms with van der Waals surface area (Å²) in [4.78, 5) is 64.1. The number of nitrogens with zero attached hydrogens (tertiary/aromatic N) is 2. The average Bonchev–Trinajstić information content (AvgIpc) is 3.66. The monoisotopic (exact) mass is 916 g/mol. The minimum Gasteiger partial charge on any atom is -0.480 e. The van der Waals surface area contributed by atoms with Gasteiger partial charge in [0.15, 0.2) is 0 Å². The summed E-state index contributed by atoms with van der Waals surface area (Å²) < 4.78 is 52.9. The van der Waals surface area contributed by atoms with Crippen LogP contribution in [0.4, 0.5) is 8.78 Å². The van der Waals surface area contributed by atoms with Crippen LogP contribution in [0.2, 0.25) is 0 Å². The van der Waals surface area contributed by atoms with Crippen molar-refractivity contribution in [1.82, 2.24) is 25.4 Å². The molecule has 1 aromatic heterocycles. The fourth-order valence-electron chi connectivity index (χ4n) is 6.67. The summed E-state index contributed by atoms with van der Waals surface area (Å²) in [5, 5.41) is 27.5. The van der Waals surface area contributed by atoms with Crippen LogP contribution in [0, 0.1) is 23.0 Å². The van der Waals surface area contributed by atoms with Gasteiger partial charge in [0.1, 0.15) is 24.3 Å². The number of rotatable bonds is 30. The van der Waals surface area contributed by atoms with Crippen molar-refractivity contribution in [3.05, 3.63) is 83.7 Å². The van der Waals surface area contributed by atoms with Crippen molar-refractivity contribution < 1.29 is 61.9 Å². The molecule has 19 heteroatoms. The first-order chi connectivity index (χ1) is 30.9. The van der Waals surface area contributed by atoms with Crippen molar-refractivity contribution >= 4 is 29.6 Å². The van der Waals surface area contributed by atoms with Crippen molar-refractivity contribution in [2.45, 2.75) is 72.1 Å². The van der Waals surface area contributed by atoms with Crippen LogP contribution >= 0.6 is 0 Å². The Bertz CT molecular complexity index is 1960. The largest absolute Gasteiger partial charge is 0.480 e. The Morgan fingerprint density at radius 3 is 2.03 bits per heavy atom. The number of halogens is 2. The van der Waals surface area contributed by atoms with Gasteiger partial charge in [-0.25, -0.2) is 13.6 Å². The van der Waals surface area contributed by atoms with Gasteiger partial charge in [0, 0.05) is 61.5 Å². The lowest BCUT2D eigenvalue weighted by atomic mass is 9.82. The molecule has 7 N–H and O–H groups in total. The first-order valence-electron chi connectivity index (χ1n) is 21.7. The number of carbonyl (C=O) groups is 5. The Balaban J connectivity index is 1.50. The van der Waals surface area contributed by atoms with E-state index in [2.05, 4.69) is 16.0 Å². The Morgan fingerprint density at radius 2 is 1.45 bits per heavy atom. The highest BCUT2D eigenvalue weighted by molar-refractivity contribution is 5.87. The molecule has 0 bridgehead atoms. The summed E-state index contributed by atoms with van der Waals surface area (Å²) in [6.07, 6.45) is 1.44. The molecule has 0 spiro atoms. The van der Waals surface area contributed by atoms with Gasteiger partial charge in [-0.1, -0.05) is 65.0 Å². The molecule has 0 aliphatic rings. The maximum atomic E-state index is 15.1. The predicted molar refractivity (Wildman–Crippen MR) is 237 cm³/mol. The molecule has 4 amide bonds. The first-order valence-corrected chi connectivity index (χ1v) is 21.7. The van der Waals surface area contributed by atoms with E-state index in [1.54, 1.807) is 12.3 Å². The number of carboxylic acids is 1. The van der Waals surface area contributed by atoms with Crippen molar-refractivity contribution in [2.75, 3.05) is 79.1 Å². The molecule has 0 aliphatic heterocycles. The lowest BCUT2D eigenvalue weighted by Gasteiger charge is -2.41. The number of amides is 4. The van der Waals surface area contributed by atoms with Crippen molar-refractivity contribution in [3.63, 3.8) is 0 Å². The summed E-state index contributed by atoms with van der Waals surface area (Å²) >= 11 is 0. The molecule has 3 aromatic rings. The molecule has 65 heavy (non-hydrogen) atoms. The van der Waals surface area contributed by atoms with Gasteiger partial charge in [-0.2, -0.15) is 0 Å². The Kier molecular flexibility index (Phi) is 23.2. The molecule has 17 nitrogen and oxygen atoms in total. The fourth-order valence-corrected chi connectivity index (χ4v) is 6.67. The van der Waals surface area contributed by atoms with Crippen LogP contribution in [0.1, 0.15) is 64.8 Å². The summed E-state index contributed by atoms with van der Waals surface area (Å²) in [5.41, 5.74) is 7.34. The van der Waals surface area contributed by atoms with Crippen molar-refractivity contribution in [1.29, 1.82) is 0 Å². The zero-order valence-corrected chi connectivity index (χ0v) is 38.0. The third-order valence-electron chi connectivity index (χ3n) is 10.0. The molecule has 2 aromatic carbocycles. The highest BCUT2D eigenvalue weighted by Gasteiger charge is 2.38. The van der Waals surface area contributed by atoms with Gasteiger partial charge in [0.2, 0.25) is 23.6 Å². The van der Waals surface area contributed by atoms with E-state index in [9.17, 15) is 38.6 Å². The second-order valence-electron chi connectivity index (χ2n) is 16.6. The second-order valence-corrected chi connectivity index (χ2v) is 16.6. The van der Waals surface area contributed by atoms with Gasteiger partial charge in [-0.3, -0.25) is 19.2 Å². The number of carbonyl (C=O) groups excluding carboxylic acids is 4. The number of aromatic nitrogens is 1. The molecular weight excluding hydrogens is 851 g/mol. The highest BCUT2D eigenvalue weighted by atomic mass is 19.1. The van der Waals surface area contributed by atoms with Crippen LogP contribution < -0.4 is 21.7 Å². The van der Waals surface area contributed by atoms with E-state index >= 15 is 4.39 Å². The van der Waals surface area contributed by atoms with E-state index in [1.165, 1.54) is 4.90 Å². The van der Waals surface area contributed by atoms with Crippen LogP contribution in [0.5, 0.6) is 0 Å². The normalized spacial score (nSPS) is 13.0. The van der Waals surface area contributed by atoms with E-state index in [4.69, 9.17) is 24.7 Å². The van der Waals surface area contributed by atoms with E-state index in [0.717, 1.165) is 23.8 Å². The third kappa shape index (κ3) is 19.0. The minimum absolute atomic E-state index is 0.0170. The third-order valence-corrected chi connectivity index (χ3v) is 10.0. The Labute approximate surface area is 379 Å². The van der Waals surface area contributed by atoms with E-state index in [1.807, 2.05) is 69.5 Å². The van der Waals surface area contributed by atoms with Gasteiger partial charge < -0.3 is 60.3 Å². The van der Waals surface area contributed by atoms with Gasteiger partial charge in [0.05, 0.1) is 64.9 Å². The molecule has 0 saturated carbocycles. The second kappa shape index (κ2) is 27.9. The molecule has 0 fully saturated rings. The number of aliphatic carboxylic acids is 1. The number of carboxylic acid groups (broad SMARTS) is 1. The SMILES string of the molecule is CC(C)C(=O)NCCOCCOCCOCCOCCC(=O)NC[C@@H](NC(=O)[C@@H](N)CCN(C(=O)CO)[C@@H](c1cc(-c2cc(F)ccc2F)cn1Cc1ccccc1)C(C)(C)C)C(=O)O. The maximum Gasteiger partial charge on any atom is 0.328 e. The molecule has 0 saturated heterocycles. The summed E-state index contributed by atoms with van der Waals surface area (Å²) in [7, 11) is 0. The zero-order valence-electron chi connectivity index (χ0n) is 38.0. The number of nitrogens with two attached hydrogens (primary N) is 1. The fraction of sp³-hybridized carbons (Fsp3) is 0.543. The first kappa shape index (κ1) is 54.0. The standard InChI is InChI=1S/C46H66F2N6O11/c1-31(2)43(58)50-15-18-63-20-22-65-24-23-64-21-19-62-17-14-40(56)51-27-38(45(60)61)52-44(59)37(49)13-16-54(41(57)30-55)42(46(3,4)5)39-25-33(35-26-34(47)11-12-36(35)48)29-53(39)28-32-9-7-6-8-10-32/h6-12,25-26,29,31,37-38,42,55H,13-24,27-28,30,49H2,1-5H3,(H,50,58)(H,51,56)(H,52,59)(H,60,61)/t37-,38+,42-/m0/s1. The molecular formula is C46H66F2N6O11. The summed E-state index contributed by atoms with van der Waals surface area (Å²) in [6, 6.07) is 10.6. The summed E-state index contributed by atoms with van der Waals surface area (Å²) in [5.74, 6) is -4.85. The van der Waals surface area contributed by atoms with Crippen molar-refractivity contribution in [2.24, 2.45) is 17.1 Å². The van der Waals surface area contributed by atoms with Crippen LogP contribution in [-0.2, 0) is 49.5 Å². The Morgan fingerprint density at radius 1 is 0.831 bits per heavy atom. The number of nitrogens with one attached hydrogen (secondary N) is 3. The van der Waals surface area contributed by atoms with Crippen LogP contribution in [0.3, 0.4) is 0 Å². The number of ether oxygens (including phenoxy) is 4. The zero-order chi connectivity index (χ0) is 47.9. The number of aliphatic hydroxyl groups is 1. The van der Waals surface area contributed by atoms with Gasteiger partial charge >= 0.3 is 5.97 Å². The molecule has 3 rings (SSSR count). The number of hydrogen-bond acceptors (Lipinski definition) is 11. The van der Waals surface area contributed by atoms with E-state index < -0.39 is 72.0 Å². The maximum absolute atomic E-state index is 15.1. The van der Waals surface area contributed by atoms with E-state index in [-0.39, 0.29) is 56.6 Å². The lowest BCUT2D eigenvalue weighted by Crippen LogP contribution is -2.53. The molecule has 3 atom stereocenters. The number of aliphatic hydroxyl groups excluding tert-OH is 1. The van der Waals surface area contributed by atoms with Crippen LogP contribution in [0.25, 0.3) is 11.1 Å². The predicted octanol–water partition coefficient (Wildman–Crippen LogP) is 3.02. The van der Waals surface area contributed by atoms with Gasteiger partial charge in [-0.15, -0.1) is 0 Å². The lowest BCUT2D eigenvalue weighted by molar-refractivity contribution is -0.142. The molecule has 0 unspecified atom stereocenters. The van der Waals surface area contributed by atoms with Crippen LogP contribution in [0.15, 0.2) is 60.8 Å². The molecule has 0 aliphatic carbocycles. The number of benzene rings is 2. The average molecular weight is 917 g/mol.